The zero-order valence-electron chi connectivity index (χ0n) is 7.92. The molecule has 0 atom stereocenters. The molecule has 0 unspecified atom stereocenters. The number of carbonyl (C=O) groups is 1. The Morgan fingerprint density at radius 2 is 1.77 bits per heavy atom. The summed E-state index contributed by atoms with van der Waals surface area (Å²) < 4.78 is 0. The van der Waals surface area contributed by atoms with E-state index in [9.17, 15) is 4.79 Å². The Bertz CT molecular complexity index is 399. The first-order chi connectivity index (χ1) is 6.25. The van der Waals surface area contributed by atoms with Crippen LogP contribution in [0.3, 0.4) is 0 Å². The van der Waals surface area contributed by atoms with Crippen molar-refractivity contribution in [3.63, 3.8) is 0 Å². The summed E-state index contributed by atoms with van der Waals surface area (Å²) >= 11 is 0. The van der Waals surface area contributed by atoms with Crippen LogP contribution in [0, 0.1) is 0 Å². The van der Waals surface area contributed by atoms with E-state index >= 15 is 0 Å². The van der Waals surface area contributed by atoms with Gasteiger partial charge in [-0.25, -0.2) is 0 Å². The predicted molar refractivity (Wildman–Crippen MR) is 53.7 cm³/mol. The van der Waals surface area contributed by atoms with Crippen molar-refractivity contribution in [3.8, 4) is 0 Å². The Hall–Kier alpha value is -1.37. The van der Waals surface area contributed by atoms with Crippen LogP contribution in [0.1, 0.15) is 36.2 Å². The van der Waals surface area contributed by atoms with Gasteiger partial charge in [-0.05, 0) is 24.5 Å². The van der Waals surface area contributed by atoms with E-state index in [0.29, 0.717) is 0 Å². The maximum atomic E-state index is 11.8. The molecular weight excluding hydrogens is 160 g/mol. The van der Waals surface area contributed by atoms with Crippen LogP contribution in [0.4, 0.5) is 0 Å². The van der Waals surface area contributed by atoms with Gasteiger partial charge in [-0.3, -0.25) is 4.79 Å². The molecule has 0 radical (unpaired) electrons. The van der Waals surface area contributed by atoms with Gasteiger partial charge in [0.15, 0.2) is 5.78 Å². The molecular formula is C12H12O. The summed E-state index contributed by atoms with van der Waals surface area (Å²) in [4.78, 5) is 11.8. The highest BCUT2D eigenvalue weighted by atomic mass is 16.1. The molecule has 1 nitrogen and oxygen atoms in total. The molecule has 1 heteroatoms. The van der Waals surface area contributed by atoms with E-state index < -0.39 is 0 Å². The normalized spacial score (nSPS) is 15.1. The van der Waals surface area contributed by atoms with Gasteiger partial charge in [0.25, 0.3) is 0 Å². The van der Waals surface area contributed by atoms with Crippen molar-refractivity contribution in [2.75, 3.05) is 0 Å². The van der Waals surface area contributed by atoms with Crippen LogP contribution in [0.5, 0.6) is 0 Å². The lowest BCUT2D eigenvalue weighted by molar-refractivity contribution is 0.103. The maximum Gasteiger partial charge on any atom is 0.189 e. The summed E-state index contributed by atoms with van der Waals surface area (Å²) in [5, 5.41) is 0. The van der Waals surface area contributed by atoms with Crippen molar-refractivity contribution in [1.29, 1.82) is 0 Å². The highest BCUT2D eigenvalue weighted by Gasteiger charge is 2.24. The molecule has 2 rings (SSSR count). The van der Waals surface area contributed by atoms with E-state index in [1.165, 1.54) is 0 Å². The summed E-state index contributed by atoms with van der Waals surface area (Å²) in [6.07, 6.45) is 0.833. The third kappa shape index (κ3) is 1.04. The first kappa shape index (κ1) is 8.24. The first-order valence-electron chi connectivity index (χ1n) is 4.59. The third-order valence-corrected chi connectivity index (χ3v) is 2.66. The minimum absolute atomic E-state index is 0.218. The van der Waals surface area contributed by atoms with Crippen molar-refractivity contribution in [2.45, 2.75) is 20.3 Å². The smallest absolute Gasteiger partial charge is 0.189 e. The minimum atomic E-state index is 0.218. The lowest BCUT2D eigenvalue weighted by atomic mass is 10.1. The fourth-order valence-corrected chi connectivity index (χ4v) is 1.93. The number of Topliss-reactive ketones (excluding diaryl/α,β-unsaturated/α-hetero) is 1. The Morgan fingerprint density at radius 3 is 2.31 bits per heavy atom. The van der Waals surface area contributed by atoms with Crippen LogP contribution in [-0.4, -0.2) is 5.78 Å². The molecule has 0 fully saturated rings. The molecule has 0 bridgehead atoms. The molecule has 1 aliphatic rings. The fourth-order valence-electron chi connectivity index (χ4n) is 1.93. The molecule has 1 aromatic carbocycles. The highest BCUT2D eigenvalue weighted by molar-refractivity contribution is 6.20. The topological polar surface area (TPSA) is 17.1 Å². The fraction of sp³-hybridized carbons (Fsp3) is 0.250. The van der Waals surface area contributed by atoms with Gasteiger partial charge >= 0.3 is 0 Å². The molecule has 0 amide bonds. The van der Waals surface area contributed by atoms with Gasteiger partial charge < -0.3 is 0 Å². The Labute approximate surface area is 78.1 Å². The monoisotopic (exact) mass is 172 g/mol. The number of allylic oxidation sites excluding steroid dienone is 2. The van der Waals surface area contributed by atoms with Crippen LogP contribution in [0.15, 0.2) is 29.8 Å². The van der Waals surface area contributed by atoms with Gasteiger partial charge in [0.05, 0.1) is 0 Å². The SMILES string of the molecule is CCC1=C(C)c2ccccc2C1=O. The number of benzene rings is 1. The lowest BCUT2D eigenvalue weighted by Gasteiger charge is -1.96. The minimum Gasteiger partial charge on any atom is -0.289 e. The molecule has 1 aliphatic carbocycles. The van der Waals surface area contributed by atoms with E-state index in [1.54, 1.807) is 0 Å². The van der Waals surface area contributed by atoms with Gasteiger partial charge in [0.2, 0.25) is 0 Å². The maximum absolute atomic E-state index is 11.8. The number of fused-ring (bicyclic) bond motifs is 1. The molecule has 0 aromatic heterocycles. The molecule has 0 aliphatic heterocycles. The third-order valence-electron chi connectivity index (χ3n) is 2.66. The molecule has 0 N–H and O–H groups in total. The molecule has 0 heterocycles. The van der Waals surface area contributed by atoms with Gasteiger partial charge in [0.1, 0.15) is 0 Å². The summed E-state index contributed by atoms with van der Waals surface area (Å²) in [6, 6.07) is 7.83. The molecule has 0 spiro atoms. The number of hydrogen-bond acceptors (Lipinski definition) is 1. The van der Waals surface area contributed by atoms with Gasteiger partial charge in [-0.1, -0.05) is 31.2 Å². The van der Waals surface area contributed by atoms with Gasteiger partial charge in [-0.2, -0.15) is 0 Å². The van der Waals surface area contributed by atoms with Crippen LogP contribution in [0.2, 0.25) is 0 Å². The summed E-state index contributed by atoms with van der Waals surface area (Å²) in [6.45, 7) is 4.06. The van der Waals surface area contributed by atoms with Crippen molar-refractivity contribution in [2.24, 2.45) is 0 Å². The van der Waals surface area contributed by atoms with Crippen molar-refractivity contribution >= 4 is 11.4 Å². The summed E-state index contributed by atoms with van der Waals surface area (Å²) in [5.41, 5.74) is 4.12. The van der Waals surface area contributed by atoms with E-state index in [1.807, 2.05) is 38.1 Å². The second kappa shape index (κ2) is 2.84. The largest absolute Gasteiger partial charge is 0.289 e. The van der Waals surface area contributed by atoms with Gasteiger partial charge in [0, 0.05) is 11.1 Å². The van der Waals surface area contributed by atoms with E-state index in [0.717, 1.165) is 28.7 Å². The molecule has 0 saturated carbocycles. The van der Waals surface area contributed by atoms with Crippen molar-refractivity contribution in [1.82, 2.24) is 0 Å². The standard InChI is InChI=1S/C12H12O/c1-3-9-8(2)10-6-4-5-7-11(10)12(9)13/h4-7H,3H2,1-2H3. The number of carbonyl (C=O) groups excluding carboxylic acids is 1. The molecule has 1 aromatic rings. The highest BCUT2D eigenvalue weighted by Crippen LogP contribution is 2.33. The predicted octanol–water partition coefficient (Wildman–Crippen LogP) is 3.07. The van der Waals surface area contributed by atoms with Crippen molar-refractivity contribution < 1.29 is 4.79 Å². The number of hydrogen-bond donors (Lipinski definition) is 0. The lowest BCUT2D eigenvalue weighted by Crippen LogP contribution is -1.96. The van der Waals surface area contributed by atoms with Crippen LogP contribution in [0.25, 0.3) is 5.57 Å². The van der Waals surface area contributed by atoms with E-state index in [2.05, 4.69) is 0 Å². The molecule has 13 heavy (non-hydrogen) atoms. The average Bonchev–Trinajstić information content (AvgIpc) is 2.41. The molecule has 0 saturated heterocycles. The van der Waals surface area contributed by atoms with Crippen LogP contribution in [-0.2, 0) is 0 Å². The Morgan fingerprint density at radius 1 is 1.15 bits per heavy atom. The van der Waals surface area contributed by atoms with Crippen LogP contribution < -0.4 is 0 Å². The number of ketones is 1. The number of rotatable bonds is 1. The average molecular weight is 172 g/mol. The Kier molecular flexibility index (Phi) is 1.80. The zero-order valence-corrected chi connectivity index (χ0v) is 7.92. The van der Waals surface area contributed by atoms with E-state index in [4.69, 9.17) is 0 Å². The summed E-state index contributed by atoms with van der Waals surface area (Å²) in [5.74, 6) is 0.218. The second-order valence-electron chi connectivity index (χ2n) is 3.33. The van der Waals surface area contributed by atoms with Gasteiger partial charge in [-0.15, -0.1) is 0 Å². The first-order valence-corrected chi connectivity index (χ1v) is 4.59. The second-order valence-corrected chi connectivity index (χ2v) is 3.33. The quantitative estimate of drug-likeness (QED) is 0.636. The van der Waals surface area contributed by atoms with E-state index in [-0.39, 0.29) is 5.78 Å². The molecule has 66 valence electrons. The summed E-state index contributed by atoms with van der Waals surface area (Å²) in [7, 11) is 0. The Balaban J connectivity index is 2.65. The zero-order chi connectivity index (χ0) is 9.42. The van der Waals surface area contributed by atoms with Crippen molar-refractivity contribution in [3.05, 3.63) is 41.0 Å². The van der Waals surface area contributed by atoms with Crippen LogP contribution >= 0.6 is 0 Å².